The summed E-state index contributed by atoms with van der Waals surface area (Å²) in [5.74, 6) is 0.435. The first-order valence-electron chi connectivity index (χ1n) is 9.63. The van der Waals surface area contributed by atoms with Gasteiger partial charge in [-0.25, -0.2) is 0 Å². The van der Waals surface area contributed by atoms with E-state index in [1.54, 1.807) is 11.3 Å². The average Bonchev–Trinajstić information content (AvgIpc) is 3.05. The van der Waals surface area contributed by atoms with Crippen molar-refractivity contribution in [3.63, 3.8) is 0 Å². The first-order valence-corrected chi connectivity index (χ1v) is 10.4. The summed E-state index contributed by atoms with van der Waals surface area (Å²) < 4.78 is 0. The van der Waals surface area contributed by atoms with Crippen molar-refractivity contribution in [2.24, 2.45) is 5.92 Å². The number of thiophene rings is 1. The number of carbonyl (C=O) groups excluding carboxylic acids is 1. The van der Waals surface area contributed by atoms with Gasteiger partial charge in [0.05, 0.1) is 5.56 Å². The predicted molar refractivity (Wildman–Crippen MR) is 114 cm³/mol. The third-order valence-corrected chi connectivity index (χ3v) is 6.52. The minimum Gasteiger partial charge on any atom is -0.312 e. The molecule has 1 aliphatic rings. The van der Waals surface area contributed by atoms with Gasteiger partial charge in [-0.15, -0.1) is 11.3 Å². The molecule has 1 aromatic heterocycles. The molecule has 0 saturated heterocycles. The van der Waals surface area contributed by atoms with E-state index in [0.717, 1.165) is 31.2 Å². The van der Waals surface area contributed by atoms with E-state index in [-0.39, 0.29) is 5.91 Å². The van der Waals surface area contributed by atoms with Crippen molar-refractivity contribution >= 4 is 22.2 Å². The molecule has 4 rings (SSSR count). The van der Waals surface area contributed by atoms with Crippen molar-refractivity contribution in [2.75, 3.05) is 5.32 Å². The van der Waals surface area contributed by atoms with Crippen LogP contribution in [-0.4, -0.2) is 5.91 Å². The Morgan fingerprint density at radius 1 is 1.14 bits per heavy atom. The normalized spacial score (nSPS) is 15.5. The van der Waals surface area contributed by atoms with Crippen LogP contribution in [0.25, 0.3) is 0 Å². The highest BCUT2D eigenvalue weighted by Gasteiger charge is 2.25. The first kappa shape index (κ1) is 18.5. The van der Waals surface area contributed by atoms with Gasteiger partial charge in [0.15, 0.2) is 0 Å². The van der Waals surface area contributed by atoms with Crippen molar-refractivity contribution in [3.8, 4) is 6.07 Å². The summed E-state index contributed by atoms with van der Waals surface area (Å²) in [7, 11) is 0. The SMILES string of the molecule is C[C@@H]1CCc2sc(NC(=O)c3ccc(Cc4ccccc4)cc3)c(C#N)c2C1. The molecule has 3 nitrogen and oxygen atoms in total. The van der Waals surface area contributed by atoms with Crippen molar-refractivity contribution < 1.29 is 4.79 Å². The van der Waals surface area contributed by atoms with Gasteiger partial charge in [0.2, 0.25) is 0 Å². The molecule has 0 aliphatic heterocycles. The Hall–Kier alpha value is -2.90. The fourth-order valence-electron chi connectivity index (χ4n) is 3.75. The third-order valence-electron chi connectivity index (χ3n) is 5.31. The highest BCUT2D eigenvalue weighted by molar-refractivity contribution is 7.16. The second-order valence-electron chi connectivity index (χ2n) is 7.48. The Kier molecular flexibility index (Phi) is 5.27. The van der Waals surface area contributed by atoms with Crippen LogP contribution >= 0.6 is 11.3 Å². The van der Waals surface area contributed by atoms with E-state index in [0.29, 0.717) is 22.0 Å². The van der Waals surface area contributed by atoms with Crippen LogP contribution in [0, 0.1) is 17.2 Å². The molecule has 0 spiro atoms. The van der Waals surface area contributed by atoms with E-state index in [1.807, 2.05) is 42.5 Å². The maximum absolute atomic E-state index is 12.7. The number of nitrogens with zero attached hydrogens (tertiary/aromatic N) is 1. The maximum Gasteiger partial charge on any atom is 0.256 e. The Morgan fingerprint density at radius 3 is 2.57 bits per heavy atom. The van der Waals surface area contributed by atoms with Crippen molar-refractivity contribution in [3.05, 3.63) is 87.3 Å². The summed E-state index contributed by atoms with van der Waals surface area (Å²) in [6.07, 6.45) is 3.92. The van der Waals surface area contributed by atoms with E-state index in [2.05, 4.69) is 30.4 Å². The lowest BCUT2D eigenvalue weighted by Gasteiger charge is -2.17. The Balaban J connectivity index is 1.49. The van der Waals surface area contributed by atoms with Gasteiger partial charge in [0.25, 0.3) is 5.91 Å². The van der Waals surface area contributed by atoms with Gasteiger partial charge in [-0.05, 0) is 60.4 Å². The molecule has 0 unspecified atom stereocenters. The van der Waals surface area contributed by atoms with Crippen LogP contribution in [0.4, 0.5) is 5.00 Å². The number of nitriles is 1. The average molecular weight is 387 g/mol. The molecule has 4 heteroatoms. The second kappa shape index (κ2) is 8.00. The zero-order valence-electron chi connectivity index (χ0n) is 15.9. The van der Waals surface area contributed by atoms with Crippen molar-refractivity contribution in [1.82, 2.24) is 0 Å². The molecule has 1 heterocycles. The summed E-state index contributed by atoms with van der Waals surface area (Å²) in [5.41, 5.74) is 4.82. The van der Waals surface area contributed by atoms with Gasteiger partial charge in [-0.2, -0.15) is 5.26 Å². The monoisotopic (exact) mass is 386 g/mol. The van der Waals surface area contributed by atoms with Crippen LogP contribution in [0.1, 0.15) is 50.8 Å². The van der Waals surface area contributed by atoms with Gasteiger partial charge in [-0.3, -0.25) is 4.79 Å². The number of nitrogens with one attached hydrogen (secondary N) is 1. The minimum absolute atomic E-state index is 0.158. The molecular weight excluding hydrogens is 364 g/mol. The highest BCUT2D eigenvalue weighted by atomic mass is 32.1. The summed E-state index contributed by atoms with van der Waals surface area (Å²) in [5, 5.41) is 13.3. The van der Waals surface area contributed by atoms with E-state index in [9.17, 15) is 10.1 Å². The lowest BCUT2D eigenvalue weighted by molar-refractivity contribution is 0.102. The van der Waals surface area contributed by atoms with Crippen LogP contribution in [0.5, 0.6) is 0 Å². The smallest absolute Gasteiger partial charge is 0.256 e. The summed E-state index contributed by atoms with van der Waals surface area (Å²) in [6.45, 7) is 2.22. The van der Waals surface area contributed by atoms with Gasteiger partial charge >= 0.3 is 0 Å². The van der Waals surface area contributed by atoms with Crippen molar-refractivity contribution in [2.45, 2.75) is 32.6 Å². The summed E-state index contributed by atoms with van der Waals surface area (Å²) in [6, 6.07) is 20.3. The minimum atomic E-state index is -0.158. The van der Waals surface area contributed by atoms with Gasteiger partial charge < -0.3 is 5.32 Å². The van der Waals surface area contributed by atoms with Crippen LogP contribution in [0.2, 0.25) is 0 Å². The van der Waals surface area contributed by atoms with Crippen LogP contribution in [-0.2, 0) is 19.3 Å². The number of aryl methyl sites for hydroxylation is 1. The second-order valence-corrected chi connectivity index (χ2v) is 8.59. The number of carbonyl (C=O) groups is 1. The number of anilines is 1. The lowest BCUT2D eigenvalue weighted by atomic mass is 9.88. The fourth-order valence-corrected chi connectivity index (χ4v) is 4.93. The van der Waals surface area contributed by atoms with Crippen LogP contribution in [0.15, 0.2) is 54.6 Å². The van der Waals surface area contributed by atoms with E-state index < -0.39 is 0 Å². The molecule has 0 bridgehead atoms. The largest absolute Gasteiger partial charge is 0.312 e. The summed E-state index contributed by atoms with van der Waals surface area (Å²) in [4.78, 5) is 14.0. The van der Waals surface area contributed by atoms with Gasteiger partial charge in [0, 0.05) is 10.4 Å². The van der Waals surface area contributed by atoms with Gasteiger partial charge in [0.1, 0.15) is 11.1 Å². The zero-order chi connectivity index (χ0) is 19.5. The number of benzene rings is 2. The molecule has 140 valence electrons. The zero-order valence-corrected chi connectivity index (χ0v) is 16.7. The fraction of sp³-hybridized carbons (Fsp3) is 0.250. The Bertz CT molecular complexity index is 1030. The highest BCUT2D eigenvalue weighted by Crippen LogP contribution is 2.39. The molecule has 1 N–H and O–H groups in total. The summed E-state index contributed by atoms with van der Waals surface area (Å²) >= 11 is 1.56. The van der Waals surface area contributed by atoms with Crippen LogP contribution in [0.3, 0.4) is 0 Å². The quantitative estimate of drug-likeness (QED) is 0.636. The van der Waals surface area contributed by atoms with E-state index >= 15 is 0 Å². The lowest BCUT2D eigenvalue weighted by Crippen LogP contribution is -2.12. The molecule has 1 aliphatic carbocycles. The number of hydrogen-bond acceptors (Lipinski definition) is 3. The molecule has 0 saturated carbocycles. The molecule has 0 radical (unpaired) electrons. The molecule has 28 heavy (non-hydrogen) atoms. The molecule has 3 aromatic rings. The number of amides is 1. The molecule has 0 fully saturated rings. The van der Waals surface area contributed by atoms with Gasteiger partial charge in [-0.1, -0.05) is 49.4 Å². The van der Waals surface area contributed by atoms with Crippen LogP contribution < -0.4 is 5.32 Å². The predicted octanol–water partition coefficient (Wildman–Crippen LogP) is 5.59. The molecule has 1 atom stereocenters. The first-order chi connectivity index (χ1) is 13.6. The van der Waals surface area contributed by atoms with E-state index in [1.165, 1.54) is 16.0 Å². The maximum atomic E-state index is 12.7. The molecule has 2 aromatic carbocycles. The third kappa shape index (κ3) is 3.85. The number of fused-ring (bicyclic) bond motifs is 1. The molecule has 1 amide bonds. The Labute approximate surface area is 169 Å². The Morgan fingerprint density at radius 2 is 1.86 bits per heavy atom. The van der Waals surface area contributed by atoms with Crippen molar-refractivity contribution in [1.29, 1.82) is 5.26 Å². The standard InChI is InChI=1S/C24H22N2OS/c1-16-7-12-22-20(13-16)21(15-25)24(28-22)26-23(27)19-10-8-18(9-11-19)14-17-5-3-2-4-6-17/h2-6,8-11,16H,7,12-14H2,1H3,(H,26,27)/t16-/m1/s1. The topological polar surface area (TPSA) is 52.9 Å². The van der Waals surface area contributed by atoms with E-state index in [4.69, 9.17) is 0 Å². The number of rotatable bonds is 4. The molecular formula is C24H22N2OS. The number of hydrogen-bond donors (Lipinski definition) is 1.